The van der Waals surface area contributed by atoms with Crippen LogP contribution in [0, 0.1) is 6.92 Å². The Morgan fingerprint density at radius 2 is 2.05 bits per heavy atom. The summed E-state index contributed by atoms with van der Waals surface area (Å²) in [7, 11) is 0. The lowest BCUT2D eigenvalue weighted by atomic mass is 9.93. The molecule has 0 aliphatic carbocycles. The molecule has 1 aromatic heterocycles. The third kappa shape index (κ3) is 3.25. The third-order valence-corrected chi connectivity index (χ3v) is 4.10. The summed E-state index contributed by atoms with van der Waals surface area (Å²) in [5.41, 5.74) is 3.64. The number of hydrogen-bond acceptors (Lipinski definition) is 3. The molecule has 4 heteroatoms. The average molecular weight is 289 g/mol. The zero-order valence-corrected chi connectivity index (χ0v) is 13.0. The fourth-order valence-electron chi connectivity index (χ4n) is 1.93. The Balaban J connectivity index is 2.22. The van der Waals surface area contributed by atoms with E-state index in [1.54, 1.807) is 23.5 Å². The van der Waals surface area contributed by atoms with Crippen LogP contribution in [0.4, 0.5) is 0 Å². The predicted molar refractivity (Wildman–Crippen MR) is 81.8 cm³/mol. The number of nitrogens with zero attached hydrogens (tertiary/aromatic N) is 1. The van der Waals surface area contributed by atoms with E-state index in [1.807, 2.05) is 13.0 Å². The highest BCUT2D eigenvalue weighted by molar-refractivity contribution is 7.09. The van der Waals surface area contributed by atoms with Crippen LogP contribution in [-0.2, 0) is 11.8 Å². The Kier molecular flexibility index (Phi) is 3.95. The van der Waals surface area contributed by atoms with Gasteiger partial charge >= 0.3 is 5.97 Å². The first-order chi connectivity index (χ1) is 9.27. The minimum Gasteiger partial charge on any atom is -0.478 e. The number of carboxylic acids is 1. The van der Waals surface area contributed by atoms with Crippen molar-refractivity contribution in [1.82, 2.24) is 4.98 Å². The number of aromatic nitrogens is 1. The number of hydrogen-bond donors (Lipinski definition) is 1. The Morgan fingerprint density at radius 1 is 1.35 bits per heavy atom. The molecule has 1 aromatic carbocycles. The highest BCUT2D eigenvalue weighted by Gasteiger charge is 2.17. The number of carbonyl (C=O) groups is 1. The van der Waals surface area contributed by atoms with E-state index >= 15 is 0 Å². The number of aryl methyl sites for hydroxylation is 1. The zero-order chi connectivity index (χ0) is 14.9. The molecule has 106 valence electrons. The summed E-state index contributed by atoms with van der Waals surface area (Å²) in [6.07, 6.45) is 0.756. The molecule has 1 N–H and O–H groups in total. The number of thiazole rings is 1. The molecule has 0 amide bonds. The summed E-state index contributed by atoms with van der Waals surface area (Å²) in [4.78, 5) is 15.6. The van der Waals surface area contributed by atoms with E-state index in [0.29, 0.717) is 5.56 Å². The molecule has 0 saturated carbocycles. The van der Waals surface area contributed by atoms with E-state index in [-0.39, 0.29) is 5.41 Å². The molecule has 0 aliphatic rings. The van der Waals surface area contributed by atoms with Crippen LogP contribution in [0.1, 0.15) is 53.0 Å². The molecule has 2 rings (SSSR count). The fraction of sp³-hybridized carbons (Fsp3) is 0.375. The summed E-state index contributed by atoms with van der Waals surface area (Å²) in [5, 5.41) is 12.2. The maximum atomic E-state index is 10.9. The first kappa shape index (κ1) is 14.7. The van der Waals surface area contributed by atoms with Gasteiger partial charge in [-0.15, -0.1) is 11.3 Å². The molecule has 0 unspecified atom stereocenters. The molecule has 3 nitrogen and oxygen atoms in total. The van der Waals surface area contributed by atoms with Crippen LogP contribution < -0.4 is 0 Å². The van der Waals surface area contributed by atoms with E-state index < -0.39 is 5.97 Å². The van der Waals surface area contributed by atoms with Gasteiger partial charge in [0, 0.05) is 17.2 Å². The SMILES string of the molecule is Cc1cc(C(=O)O)ccc1Cc1nc(C(C)(C)C)cs1. The first-order valence-corrected chi connectivity index (χ1v) is 7.43. The van der Waals surface area contributed by atoms with E-state index in [4.69, 9.17) is 5.11 Å². The van der Waals surface area contributed by atoms with Gasteiger partial charge in [0.1, 0.15) is 0 Å². The van der Waals surface area contributed by atoms with E-state index in [1.165, 1.54) is 0 Å². The highest BCUT2D eigenvalue weighted by Crippen LogP contribution is 2.25. The summed E-state index contributed by atoms with van der Waals surface area (Å²) in [6, 6.07) is 5.26. The average Bonchev–Trinajstić information content (AvgIpc) is 2.80. The predicted octanol–water partition coefficient (Wildman–Crippen LogP) is 4.04. The van der Waals surface area contributed by atoms with Crippen LogP contribution in [0.3, 0.4) is 0 Å². The fourth-order valence-corrected chi connectivity index (χ4v) is 2.97. The van der Waals surface area contributed by atoms with Gasteiger partial charge in [-0.25, -0.2) is 9.78 Å². The summed E-state index contributed by atoms with van der Waals surface area (Å²) in [5.74, 6) is -0.885. The second kappa shape index (κ2) is 5.37. The van der Waals surface area contributed by atoms with Crippen LogP contribution in [-0.4, -0.2) is 16.1 Å². The Morgan fingerprint density at radius 3 is 2.55 bits per heavy atom. The van der Waals surface area contributed by atoms with Gasteiger partial charge in [0.2, 0.25) is 0 Å². The van der Waals surface area contributed by atoms with E-state index in [2.05, 4.69) is 31.1 Å². The Bertz CT molecular complexity index is 638. The summed E-state index contributed by atoms with van der Waals surface area (Å²) in [6.45, 7) is 8.40. The van der Waals surface area contributed by atoms with Crippen LogP contribution in [0.2, 0.25) is 0 Å². The van der Waals surface area contributed by atoms with Gasteiger partial charge in [-0.3, -0.25) is 0 Å². The second-order valence-electron chi connectivity index (χ2n) is 6.00. The monoisotopic (exact) mass is 289 g/mol. The molecular formula is C16H19NO2S. The van der Waals surface area contributed by atoms with Crippen LogP contribution in [0.15, 0.2) is 23.6 Å². The molecule has 20 heavy (non-hydrogen) atoms. The van der Waals surface area contributed by atoms with Gasteiger partial charge < -0.3 is 5.11 Å². The van der Waals surface area contributed by atoms with Crippen molar-refractivity contribution in [3.63, 3.8) is 0 Å². The topological polar surface area (TPSA) is 50.2 Å². The van der Waals surface area contributed by atoms with Gasteiger partial charge in [-0.2, -0.15) is 0 Å². The molecule has 2 aromatic rings. The van der Waals surface area contributed by atoms with Crippen LogP contribution >= 0.6 is 11.3 Å². The molecule has 0 atom stereocenters. The van der Waals surface area contributed by atoms with Crippen LogP contribution in [0.5, 0.6) is 0 Å². The standard InChI is InChI=1S/C16H19NO2S/c1-10-7-12(15(18)19)6-5-11(10)8-14-17-13(9-20-14)16(2,3)4/h5-7,9H,8H2,1-4H3,(H,18,19). The normalized spacial score (nSPS) is 11.6. The van der Waals surface area contributed by atoms with Crippen molar-refractivity contribution in [3.8, 4) is 0 Å². The molecule has 0 spiro atoms. The van der Waals surface area contributed by atoms with Gasteiger partial charge in [-0.05, 0) is 30.2 Å². The Hall–Kier alpha value is -1.68. The van der Waals surface area contributed by atoms with Crippen molar-refractivity contribution in [2.45, 2.75) is 39.5 Å². The zero-order valence-electron chi connectivity index (χ0n) is 12.2. The number of aromatic carboxylic acids is 1. The maximum Gasteiger partial charge on any atom is 0.335 e. The molecule has 0 saturated heterocycles. The molecule has 0 fully saturated rings. The highest BCUT2D eigenvalue weighted by atomic mass is 32.1. The molecule has 0 aliphatic heterocycles. The van der Waals surface area contributed by atoms with Gasteiger partial charge in [-0.1, -0.05) is 26.8 Å². The van der Waals surface area contributed by atoms with E-state index in [9.17, 15) is 4.79 Å². The molecule has 0 bridgehead atoms. The lowest BCUT2D eigenvalue weighted by Crippen LogP contribution is -2.11. The van der Waals surface area contributed by atoms with Crippen molar-refractivity contribution in [1.29, 1.82) is 0 Å². The molecule has 0 radical (unpaired) electrons. The van der Waals surface area contributed by atoms with Crippen LogP contribution in [0.25, 0.3) is 0 Å². The molecule has 1 heterocycles. The summed E-state index contributed by atoms with van der Waals surface area (Å²) < 4.78 is 0. The number of carboxylic acid groups (broad SMARTS) is 1. The third-order valence-electron chi connectivity index (χ3n) is 3.25. The van der Waals surface area contributed by atoms with E-state index in [0.717, 1.165) is 28.2 Å². The van der Waals surface area contributed by atoms with Crippen molar-refractivity contribution >= 4 is 17.3 Å². The smallest absolute Gasteiger partial charge is 0.335 e. The first-order valence-electron chi connectivity index (χ1n) is 6.55. The molecular weight excluding hydrogens is 270 g/mol. The maximum absolute atomic E-state index is 10.9. The minimum atomic E-state index is -0.885. The summed E-state index contributed by atoms with van der Waals surface area (Å²) >= 11 is 1.66. The van der Waals surface area contributed by atoms with Crippen molar-refractivity contribution in [2.75, 3.05) is 0 Å². The van der Waals surface area contributed by atoms with Crippen molar-refractivity contribution < 1.29 is 9.90 Å². The second-order valence-corrected chi connectivity index (χ2v) is 6.94. The minimum absolute atomic E-state index is 0.0664. The van der Waals surface area contributed by atoms with Gasteiger partial charge in [0.15, 0.2) is 0 Å². The van der Waals surface area contributed by atoms with Gasteiger partial charge in [0.25, 0.3) is 0 Å². The lowest BCUT2D eigenvalue weighted by molar-refractivity contribution is 0.0697. The number of benzene rings is 1. The largest absolute Gasteiger partial charge is 0.478 e. The van der Waals surface area contributed by atoms with Gasteiger partial charge in [0.05, 0.1) is 16.3 Å². The van der Waals surface area contributed by atoms with Crippen molar-refractivity contribution in [2.24, 2.45) is 0 Å². The Labute approximate surface area is 123 Å². The van der Waals surface area contributed by atoms with Crippen molar-refractivity contribution in [3.05, 3.63) is 51.0 Å². The quantitative estimate of drug-likeness (QED) is 0.927. The lowest BCUT2D eigenvalue weighted by Gasteiger charge is -2.14. The number of rotatable bonds is 3.